The highest BCUT2D eigenvalue weighted by molar-refractivity contribution is 6.02. The van der Waals surface area contributed by atoms with Crippen LogP contribution in [0, 0.1) is 0 Å². The maximum absolute atomic E-state index is 11.1. The topological polar surface area (TPSA) is 83.0 Å². The third-order valence-corrected chi connectivity index (χ3v) is 3.94. The van der Waals surface area contributed by atoms with E-state index < -0.39 is 0 Å². The quantitative estimate of drug-likeness (QED) is 0.779. The van der Waals surface area contributed by atoms with Crippen LogP contribution in [0.4, 0.5) is 0 Å². The first kappa shape index (κ1) is 14.3. The SMILES string of the molecule is O=C1CCC(C=Cc2ccc3[nH]c(-c4ccnnc4)cc3c2)=NN1. The van der Waals surface area contributed by atoms with Gasteiger partial charge in [-0.3, -0.25) is 4.79 Å². The summed E-state index contributed by atoms with van der Waals surface area (Å²) in [6.07, 6.45) is 8.54. The van der Waals surface area contributed by atoms with Gasteiger partial charge in [-0.05, 0) is 35.9 Å². The maximum atomic E-state index is 11.1. The summed E-state index contributed by atoms with van der Waals surface area (Å²) in [5.74, 6) is -0.0287. The number of carbonyl (C=O) groups is 1. The number of fused-ring (bicyclic) bond motifs is 1. The summed E-state index contributed by atoms with van der Waals surface area (Å²) in [6, 6.07) is 10.2. The molecule has 0 atom stereocenters. The van der Waals surface area contributed by atoms with Crippen LogP contribution in [-0.2, 0) is 4.79 Å². The number of carbonyl (C=O) groups excluding carboxylic acids is 1. The van der Waals surface area contributed by atoms with Crippen molar-refractivity contribution in [2.24, 2.45) is 5.10 Å². The molecule has 3 aromatic rings. The van der Waals surface area contributed by atoms with Crippen molar-refractivity contribution in [3.05, 3.63) is 54.4 Å². The predicted octanol–water partition coefficient (Wildman–Crippen LogP) is 2.90. The van der Waals surface area contributed by atoms with Gasteiger partial charge in [0.25, 0.3) is 0 Å². The molecule has 0 saturated carbocycles. The van der Waals surface area contributed by atoms with Crippen molar-refractivity contribution < 1.29 is 4.79 Å². The number of rotatable bonds is 3. The molecule has 6 nitrogen and oxygen atoms in total. The Morgan fingerprint density at radius 1 is 1.04 bits per heavy atom. The van der Waals surface area contributed by atoms with E-state index in [0.717, 1.165) is 33.4 Å². The van der Waals surface area contributed by atoms with Crippen molar-refractivity contribution in [2.45, 2.75) is 12.8 Å². The van der Waals surface area contributed by atoms with Gasteiger partial charge in [0.1, 0.15) is 0 Å². The minimum absolute atomic E-state index is 0.0287. The Labute approximate surface area is 138 Å². The summed E-state index contributed by atoms with van der Waals surface area (Å²) in [4.78, 5) is 14.5. The van der Waals surface area contributed by atoms with Gasteiger partial charge in [-0.25, -0.2) is 5.43 Å². The largest absolute Gasteiger partial charge is 0.354 e. The molecule has 0 bridgehead atoms. The van der Waals surface area contributed by atoms with Crippen LogP contribution in [0.1, 0.15) is 18.4 Å². The van der Waals surface area contributed by atoms with Crippen molar-refractivity contribution in [1.82, 2.24) is 20.6 Å². The van der Waals surface area contributed by atoms with Gasteiger partial charge in [-0.2, -0.15) is 15.3 Å². The summed E-state index contributed by atoms with van der Waals surface area (Å²) in [5.41, 5.74) is 7.56. The van der Waals surface area contributed by atoms with Crippen molar-refractivity contribution in [1.29, 1.82) is 0 Å². The van der Waals surface area contributed by atoms with Gasteiger partial charge in [0.05, 0.1) is 18.1 Å². The summed E-state index contributed by atoms with van der Waals surface area (Å²) in [7, 11) is 0. The van der Waals surface area contributed by atoms with E-state index in [-0.39, 0.29) is 5.91 Å². The van der Waals surface area contributed by atoms with Gasteiger partial charge in [0.15, 0.2) is 0 Å². The second-order valence-corrected chi connectivity index (χ2v) is 5.63. The molecule has 2 N–H and O–H groups in total. The van der Waals surface area contributed by atoms with Crippen LogP contribution >= 0.6 is 0 Å². The van der Waals surface area contributed by atoms with E-state index in [4.69, 9.17) is 0 Å². The summed E-state index contributed by atoms with van der Waals surface area (Å²) < 4.78 is 0. The molecular weight excluding hydrogens is 302 g/mol. The average molecular weight is 317 g/mol. The van der Waals surface area contributed by atoms with Crippen LogP contribution < -0.4 is 5.43 Å². The van der Waals surface area contributed by atoms with Crippen molar-refractivity contribution in [2.75, 3.05) is 0 Å². The summed E-state index contributed by atoms with van der Waals surface area (Å²) >= 11 is 0. The van der Waals surface area contributed by atoms with E-state index in [1.54, 1.807) is 12.4 Å². The van der Waals surface area contributed by atoms with Crippen LogP contribution in [0.5, 0.6) is 0 Å². The van der Waals surface area contributed by atoms with E-state index >= 15 is 0 Å². The van der Waals surface area contributed by atoms with E-state index in [9.17, 15) is 4.79 Å². The molecule has 0 fully saturated rings. The molecule has 4 rings (SSSR count). The van der Waals surface area contributed by atoms with Crippen LogP contribution in [0.25, 0.3) is 28.2 Å². The van der Waals surface area contributed by atoms with Gasteiger partial charge < -0.3 is 4.98 Å². The monoisotopic (exact) mass is 317 g/mol. The number of hydrogen-bond acceptors (Lipinski definition) is 4. The molecule has 24 heavy (non-hydrogen) atoms. The Hall–Kier alpha value is -3.28. The molecule has 0 radical (unpaired) electrons. The molecule has 0 aliphatic carbocycles. The summed E-state index contributed by atoms with van der Waals surface area (Å²) in [5, 5.41) is 12.9. The average Bonchev–Trinajstić information content (AvgIpc) is 3.05. The third-order valence-electron chi connectivity index (χ3n) is 3.94. The lowest BCUT2D eigenvalue weighted by Crippen LogP contribution is -2.24. The first-order valence-corrected chi connectivity index (χ1v) is 7.71. The molecular formula is C18H15N5O. The Balaban J connectivity index is 1.60. The Morgan fingerprint density at radius 2 is 2.00 bits per heavy atom. The number of hydrogen-bond donors (Lipinski definition) is 2. The molecule has 1 aliphatic rings. The highest BCUT2D eigenvalue weighted by Crippen LogP contribution is 2.24. The Kier molecular flexibility index (Phi) is 3.63. The van der Waals surface area contributed by atoms with Crippen LogP contribution in [-0.4, -0.2) is 26.8 Å². The Bertz CT molecular complexity index is 956. The molecule has 0 spiro atoms. The second-order valence-electron chi connectivity index (χ2n) is 5.63. The number of H-pyrrole nitrogens is 1. The molecule has 1 aromatic carbocycles. The lowest BCUT2D eigenvalue weighted by Gasteiger charge is -2.07. The number of amides is 1. The van der Waals surface area contributed by atoms with E-state index in [1.165, 1.54) is 0 Å². The smallest absolute Gasteiger partial charge is 0.240 e. The van der Waals surface area contributed by atoms with Crippen LogP contribution in [0.3, 0.4) is 0 Å². The highest BCUT2D eigenvalue weighted by atomic mass is 16.2. The van der Waals surface area contributed by atoms with Gasteiger partial charge >= 0.3 is 0 Å². The standard InChI is InChI=1S/C18H15N5O/c24-18-6-4-15(22-23-18)3-1-12-2-5-16-14(9-12)10-17(21-16)13-7-8-19-20-11-13/h1-3,5,7-11,21H,4,6H2,(H,23,24). The van der Waals surface area contributed by atoms with Gasteiger partial charge in [0, 0.05) is 35.0 Å². The number of aromatic nitrogens is 3. The van der Waals surface area contributed by atoms with Gasteiger partial charge in [-0.15, -0.1) is 0 Å². The van der Waals surface area contributed by atoms with E-state index in [0.29, 0.717) is 12.8 Å². The Morgan fingerprint density at radius 3 is 2.79 bits per heavy atom. The molecule has 6 heteroatoms. The normalized spacial score (nSPS) is 14.8. The number of aromatic amines is 1. The number of nitrogens with one attached hydrogen (secondary N) is 2. The molecule has 1 amide bonds. The molecule has 3 heterocycles. The lowest BCUT2D eigenvalue weighted by atomic mass is 10.1. The van der Waals surface area contributed by atoms with E-state index in [1.807, 2.05) is 24.3 Å². The number of allylic oxidation sites excluding steroid dienone is 1. The molecule has 118 valence electrons. The molecule has 0 unspecified atom stereocenters. The first-order chi connectivity index (χ1) is 11.8. The number of hydrazone groups is 1. The second kappa shape index (κ2) is 6.08. The molecule has 0 saturated heterocycles. The van der Waals surface area contributed by atoms with Crippen molar-refractivity contribution in [3.63, 3.8) is 0 Å². The first-order valence-electron chi connectivity index (χ1n) is 7.71. The zero-order valence-corrected chi connectivity index (χ0v) is 12.9. The number of benzene rings is 1. The highest BCUT2D eigenvalue weighted by Gasteiger charge is 2.08. The minimum Gasteiger partial charge on any atom is -0.354 e. The fourth-order valence-electron chi connectivity index (χ4n) is 2.66. The number of nitrogens with zero attached hydrogens (tertiary/aromatic N) is 3. The third kappa shape index (κ3) is 2.94. The fraction of sp³-hybridized carbons (Fsp3) is 0.111. The molecule has 2 aromatic heterocycles. The summed E-state index contributed by atoms with van der Waals surface area (Å²) in [6.45, 7) is 0. The zero-order chi connectivity index (χ0) is 16.4. The van der Waals surface area contributed by atoms with E-state index in [2.05, 4.69) is 43.9 Å². The maximum Gasteiger partial charge on any atom is 0.240 e. The van der Waals surface area contributed by atoms with Gasteiger partial charge in [0.2, 0.25) is 5.91 Å². The molecule has 1 aliphatic heterocycles. The van der Waals surface area contributed by atoms with Crippen molar-refractivity contribution >= 4 is 28.6 Å². The van der Waals surface area contributed by atoms with Crippen LogP contribution in [0.2, 0.25) is 0 Å². The zero-order valence-electron chi connectivity index (χ0n) is 12.9. The van der Waals surface area contributed by atoms with Crippen LogP contribution in [0.15, 0.2) is 53.9 Å². The van der Waals surface area contributed by atoms with Crippen molar-refractivity contribution in [3.8, 4) is 11.3 Å². The lowest BCUT2D eigenvalue weighted by molar-refractivity contribution is -0.121. The fourth-order valence-corrected chi connectivity index (χ4v) is 2.66. The predicted molar refractivity (Wildman–Crippen MR) is 93.2 cm³/mol. The van der Waals surface area contributed by atoms with Gasteiger partial charge in [-0.1, -0.05) is 12.1 Å². The minimum atomic E-state index is -0.0287.